The zero-order valence-electron chi connectivity index (χ0n) is 30.1. The summed E-state index contributed by atoms with van der Waals surface area (Å²) >= 11 is 0. The Morgan fingerprint density at radius 1 is 1.02 bits per heavy atom. The molecule has 1 atom stereocenters. The largest absolute Gasteiger partial charge is 0.414 e. The first-order chi connectivity index (χ1) is 21.1. The van der Waals surface area contributed by atoms with Crippen molar-refractivity contribution in [3.8, 4) is 22.6 Å². The summed E-state index contributed by atoms with van der Waals surface area (Å²) < 4.78 is 22.7. The Labute approximate surface area is 274 Å². The first kappa shape index (κ1) is 35.6. The van der Waals surface area contributed by atoms with Gasteiger partial charge >= 0.3 is 0 Å². The van der Waals surface area contributed by atoms with Crippen LogP contribution in [0, 0.1) is 11.5 Å². The number of fused-ring (bicyclic) bond motifs is 1. The van der Waals surface area contributed by atoms with Crippen LogP contribution in [-0.2, 0) is 27.6 Å². The number of nitrogens with zero attached hydrogens (tertiary/aromatic N) is 4. The highest BCUT2D eigenvalue weighted by molar-refractivity contribution is 6.90. The molecule has 0 N–H and O–H groups in total. The van der Waals surface area contributed by atoms with Gasteiger partial charge in [0.2, 0.25) is 0 Å². The normalized spacial score (nSPS) is 16.6. The van der Waals surface area contributed by atoms with Gasteiger partial charge < -0.3 is 13.9 Å². The fourth-order valence-corrected chi connectivity index (χ4v) is 13.0. The Bertz CT molecular complexity index is 1480. The van der Waals surface area contributed by atoms with E-state index < -0.39 is 16.4 Å². The highest BCUT2D eigenvalue weighted by atomic mass is 28.4. The smallest absolute Gasteiger partial charge is 0.192 e. The Morgan fingerprint density at radius 3 is 2.31 bits per heavy atom. The number of aromatic nitrogens is 4. The molecule has 1 aliphatic rings. The van der Waals surface area contributed by atoms with Crippen LogP contribution in [0.2, 0.25) is 34.8 Å². The van der Waals surface area contributed by atoms with E-state index in [9.17, 15) is 0 Å². The van der Waals surface area contributed by atoms with Crippen molar-refractivity contribution in [3.63, 3.8) is 0 Å². The highest BCUT2D eigenvalue weighted by Crippen LogP contribution is 2.41. The average Bonchev–Trinajstić information content (AvgIpc) is 3.52. The summed E-state index contributed by atoms with van der Waals surface area (Å²) in [6.07, 6.45) is 5.11. The number of benzene rings is 1. The Morgan fingerprint density at radius 2 is 1.71 bits per heavy atom. The molecule has 0 aliphatic carbocycles. The molecule has 1 aliphatic heterocycles. The van der Waals surface area contributed by atoms with Crippen molar-refractivity contribution in [2.45, 2.75) is 129 Å². The van der Waals surface area contributed by atoms with Crippen molar-refractivity contribution in [2.24, 2.45) is 7.05 Å². The third-order valence-electron chi connectivity index (χ3n) is 10.5. The van der Waals surface area contributed by atoms with Crippen LogP contribution in [0.1, 0.15) is 99.2 Å². The molecule has 9 heteroatoms. The van der Waals surface area contributed by atoms with Gasteiger partial charge in [-0.1, -0.05) is 74.3 Å². The van der Waals surface area contributed by atoms with Gasteiger partial charge in [0.1, 0.15) is 13.8 Å². The molecule has 1 aromatic carbocycles. The van der Waals surface area contributed by atoms with Crippen molar-refractivity contribution < 1.29 is 13.9 Å². The maximum absolute atomic E-state index is 6.32. The lowest BCUT2D eigenvalue weighted by atomic mass is 10.0. The molecule has 7 nitrogen and oxygen atoms in total. The monoisotopic (exact) mass is 650 g/mol. The topological polar surface area (TPSA) is 63.3 Å². The third-order valence-corrected chi connectivity index (χ3v) is 21.3. The molecule has 4 rings (SSSR count). The van der Waals surface area contributed by atoms with Gasteiger partial charge in [-0.2, -0.15) is 10.2 Å². The van der Waals surface area contributed by atoms with E-state index in [2.05, 4.69) is 115 Å². The predicted molar refractivity (Wildman–Crippen MR) is 192 cm³/mol. The third kappa shape index (κ3) is 7.52. The van der Waals surface area contributed by atoms with E-state index in [1.807, 2.05) is 17.9 Å². The van der Waals surface area contributed by atoms with E-state index in [-0.39, 0.29) is 11.3 Å². The molecule has 0 saturated carbocycles. The van der Waals surface area contributed by atoms with Crippen LogP contribution in [-0.4, -0.2) is 55.8 Å². The van der Waals surface area contributed by atoms with Gasteiger partial charge in [-0.3, -0.25) is 4.68 Å². The van der Waals surface area contributed by atoms with Crippen molar-refractivity contribution in [1.82, 2.24) is 19.6 Å². The van der Waals surface area contributed by atoms with Gasteiger partial charge in [0.25, 0.3) is 0 Å². The number of hydrogen-bond donors (Lipinski definition) is 0. The fourth-order valence-electron chi connectivity index (χ4n) is 6.75. The van der Waals surface area contributed by atoms with Crippen molar-refractivity contribution in [2.75, 3.05) is 19.8 Å². The first-order valence-electron chi connectivity index (χ1n) is 17.0. The quantitative estimate of drug-likeness (QED) is 0.118. The molecular formula is C36H58N4O3Si2. The van der Waals surface area contributed by atoms with Gasteiger partial charge in [-0.05, 0) is 71.7 Å². The summed E-state index contributed by atoms with van der Waals surface area (Å²) in [4.78, 5) is 0. The minimum Gasteiger partial charge on any atom is -0.414 e. The molecule has 0 amide bonds. The van der Waals surface area contributed by atoms with E-state index in [1.165, 1.54) is 0 Å². The summed E-state index contributed by atoms with van der Waals surface area (Å²) in [5.74, 6) is 3.67. The summed E-state index contributed by atoms with van der Waals surface area (Å²) in [5.41, 5.74) is 10.7. The van der Waals surface area contributed by atoms with Crippen molar-refractivity contribution in [1.29, 1.82) is 0 Å². The molecule has 3 aromatic rings. The maximum atomic E-state index is 6.32. The lowest BCUT2D eigenvalue weighted by Crippen LogP contribution is -2.43. The second-order valence-electron chi connectivity index (χ2n) is 15.3. The maximum Gasteiger partial charge on any atom is 0.192 e. The van der Waals surface area contributed by atoms with E-state index in [0.717, 1.165) is 59.3 Å². The minimum atomic E-state index is -1.93. The Balaban J connectivity index is 1.69. The molecule has 248 valence electrons. The van der Waals surface area contributed by atoms with Crippen molar-refractivity contribution >= 4 is 27.3 Å². The van der Waals surface area contributed by atoms with Crippen LogP contribution < -0.4 is 0 Å². The fraction of sp³-hybridized carbons (Fsp3) is 0.667. The Kier molecular flexibility index (Phi) is 11.3. The molecular weight excluding hydrogens is 593 g/mol. The predicted octanol–water partition coefficient (Wildman–Crippen LogP) is 9.24. The van der Waals surface area contributed by atoms with Crippen LogP contribution in [0.15, 0.2) is 24.4 Å². The van der Waals surface area contributed by atoms with Crippen LogP contribution in [0.3, 0.4) is 0 Å². The van der Waals surface area contributed by atoms with Crippen LogP contribution in [0.25, 0.3) is 22.0 Å². The van der Waals surface area contributed by atoms with Gasteiger partial charge in [0.15, 0.2) is 14.5 Å². The molecule has 3 heterocycles. The van der Waals surface area contributed by atoms with Gasteiger partial charge in [-0.25, -0.2) is 4.68 Å². The Hall–Kier alpha value is -2.23. The zero-order valence-corrected chi connectivity index (χ0v) is 32.1. The molecule has 0 spiro atoms. The summed E-state index contributed by atoms with van der Waals surface area (Å²) in [6, 6.07) is 6.61. The summed E-state index contributed by atoms with van der Waals surface area (Å²) in [7, 11) is -1.75. The van der Waals surface area contributed by atoms with E-state index in [1.54, 1.807) is 0 Å². The summed E-state index contributed by atoms with van der Waals surface area (Å²) in [6.45, 7) is 27.9. The van der Waals surface area contributed by atoms with Crippen LogP contribution >= 0.6 is 0 Å². The second-order valence-corrected chi connectivity index (χ2v) is 25.7. The number of ether oxygens (including phenoxy) is 2. The lowest BCUT2D eigenvalue weighted by molar-refractivity contribution is -0.0367. The molecule has 1 unspecified atom stereocenters. The summed E-state index contributed by atoms with van der Waals surface area (Å²) in [5, 5.41) is 11.0. The van der Waals surface area contributed by atoms with E-state index >= 15 is 0 Å². The molecule has 0 bridgehead atoms. The minimum absolute atomic E-state index is 0.0548. The highest BCUT2D eigenvalue weighted by Gasteiger charge is 2.42. The molecule has 0 radical (unpaired) electrons. The first-order valence-corrected chi connectivity index (χ1v) is 22.1. The molecule has 45 heavy (non-hydrogen) atoms. The van der Waals surface area contributed by atoms with Gasteiger partial charge in [0.05, 0.1) is 37.2 Å². The average molecular weight is 651 g/mol. The molecule has 2 aromatic heterocycles. The van der Waals surface area contributed by atoms with Crippen LogP contribution in [0.4, 0.5) is 0 Å². The molecule has 1 fully saturated rings. The molecule has 1 saturated heterocycles. The lowest BCUT2D eigenvalue weighted by Gasteiger charge is -2.38. The zero-order chi connectivity index (χ0) is 33.2. The SMILES string of the molecule is CC(C)[Si](C#Cc1nn(C2CCCCO2)c2ccc(-c3cnn(C)c3COCCO[Si](C)(C)C(C)(C)C)cc12)(C(C)C)C(C)C. The number of rotatable bonds is 11. The number of hydrogen-bond acceptors (Lipinski definition) is 5. The van der Waals surface area contributed by atoms with Gasteiger partial charge in [0, 0.05) is 24.6 Å². The van der Waals surface area contributed by atoms with E-state index in [4.69, 9.17) is 19.0 Å². The van der Waals surface area contributed by atoms with Crippen LogP contribution in [0.5, 0.6) is 0 Å². The van der Waals surface area contributed by atoms with E-state index in [0.29, 0.717) is 36.4 Å². The standard InChI is InChI=1S/C36H58N4O3Si2/c1-26(2)45(27(3)4,28(5)6)22-18-32-30-23-29(16-17-33(30)40(38-32)35-15-13-14-19-42-35)31-24-37-39(10)34(31)25-41-20-21-43-44(11,12)36(7,8)9/h16-17,23-24,26-28,35H,13-15,19-21,25H2,1-12H3. The number of aryl methyl sites for hydroxylation is 1. The van der Waals surface area contributed by atoms with Crippen molar-refractivity contribution in [3.05, 3.63) is 35.8 Å². The second kappa shape index (κ2) is 14.3. The van der Waals surface area contributed by atoms with Gasteiger partial charge in [-0.15, -0.1) is 5.54 Å².